The van der Waals surface area contributed by atoms with Crippen LogP contribution in [-0.4, -0.2) is 22.5 Å². The van der Waals surface area contributed by atoms with Crippen molar-refractivity contribution < 1.29 is 23.6 Å². The minimum absolute atomic E-state index is 0.0203. The highest BCUT2D eigenvalue weighted by molar-refractivity contribution is 5.67. The molecule has 1 aromatic rings. The summed E-state index contributed by atoms with van der Waals surface area (Å²) in [6, 6.07) is 1.52. The predicted molar refractivity (Wildman–Crippen MR) is 62.9 cm³/mol. The van der Waals surface area contributed by atoms with E-state index in [2.05, 4.69) is 5.32 Å². The van der Waals surface area contributed by atoms with Crippen LogP contribution in [0.15, 0.2) is 12.1 Å². The topological polar surface area (TPSA) is 92.5 Å². The monoisotopic (exact) mass is 274 g/mol. The van der Waals surface area contributed by atoms with Gasteiger partial charge in [-0.25, -0.2) is 8.78 Å². The molecular weight excluding hydrogens is 262 g/mol. The molecule has 1 rings (SSSR count). The number of nitro benzene ring substituents is 1. The molecule has 0 aliphatic heterocycles. The summed E-state index contributed by atoms with van der Waals surface area (Å²) in [6.45, 7) is 1.55. The molecule has 0 aliphatic rings. The second-order valence-corrected chi connectivity index (χ2v) is 4.10. The third-order valence-corrected chi connectivity index (χ3v) is 2.42. The van der Waals surface area contributed by atoms with Gasteiger partial charge >= 0.3 is 5.97 Å². The van der Waals surface area contributed by atoms with E-state index in [9.17, 15) is 23.7 Å². The van der Waals surface area contributed by atoms with Crippen molar-refractivity contribution in [2.45, 2.75) is 13.3 Å². The molecule has 0 saturated carbocycles. The molecule has 19 heavy (non-hydrogen) atoms. The predicted octanol–water partition coefficient (Wildman–Crippen LogP) is 2.40. The van der Waals surface area contributed by atoms with Crippen molar-refractivity contribution in [2.24, 2.45) is 5.92 Å². The smallest absolute Gasteiger partial charge is 0.303 e. The van der Waals surface area contributed by atoms with Crippen LogP contribution in [0.3, 0.4) is 0 Å². The zero-order chi connectivity index (χ0) is 14.6. The summed E-state index contributed by atoms with van der Waals surface area (Å²) in [7, 11) is 0. The average molecular weight is 274 g/mol. The summed E-state index contributed by atoms with van der Waals surface area (Å²) in [5.41, 5.74) is -1.16. The first kappa shape index (κ1) is 14.8. The minimum atomic E-state index is -1.35. The zero-order valence-electron chi connectivity index (χ0n) is 10.0. The van der Waals surface area contributed by atoms with Gasteiger partial charge in [0.05, 0.1) is 4.92 Å². The van der Waals surface area contributed by atoms with Crippen LogP contribution in [0.4, 0.5) is 20.2 Å². The average Bonchev–Trinajstić information content (AvgIpc) is 2.29. The van der Waals surface area contributed by atoms with Gasteiger partial charge in [0.1, 0.15) is 0 Å². The first-order valence-electron chi connectivity index (χ1n) is 5.41. The van der Waals surface area contributed by atoms with Crippen LogP contribution in [0.2, 0.25) is 0 Å². The molecule has 1 atom stereocenters. The van der Waals surface area contributed by atoms with Gasteiger partial charge in [-0.05, 0) is 12.0 Å². The molecule has 0 spiro atoms. The minimum Gasteiger partial charge on any atom is -0.481 e. The summed E-state index contributed by atoms with van der Waals surface area (Å²) in [5.74, 6) is -3.99. The SMILES string of the molecule is CC(CNc1c([N+](=O)[O-])ccc(F)c1F)CC(=O)O. The Hall–Kier alpha value is -2.25. The number of carboxylic acid groups (broad SMARTS) is 1. The van der Waals surface area contributed by atoms with E-state index in [0.29, 0.717) is 6.07 Å². The van der Waals surface area contributed by atoms with Gasteiger partial charge in [0.2, 0.25) is 0 Å². The molecule has 1 unspecified atom stereocenters. The Kier molecular flexibility index (Phi) is 4.74. The first-order chi connectivity index (χ1) is 8.82. The number of benzene rings is 1. The molecule has 0 aliphatic carbocycles. The van der Waals surface area contributed by atoms with E-state index in [1.54, 1.807) is 6.92 Å². The lowest BCUT2D eigenvalue weighted by Gasteiger charge is -2.12. The number of nitro groups is 1. The Labute approximate surface area is 107 Å². The molecule has 8 heteroatoms. The maximum absolute atomic E-state index is 13.5. The third kappa shape index (κ3) is 3.87. The standard InChI is InChI=1S/C11H12F2N2O4/c1-6(4-9(16)17)5-14-11-8(15(18)19)3-2-7(12)10(11)13/h2-3,6,14H,4-5H2,1H3,(H,16,17). The quantitative estimate of drug-likeness (QED) is 0.613. The van der Waals surface area contributed by atoms with Gasteiger partial charge in [0, 0.05) is 19.0 Å². The number of carbonyl (C=O) groups is 1. The van der Waals surface area contributed by atoms with E-state index in [0.717, 1.165) is 6.07 Å². The summed E-state index contributed by atoms with van der Waals surface area (Å²) in [5, 5.41) is 21.6. The molecule has 2 N–H and O–H groups in total. The van der Waals surface area contributed by atoms with Crippen molar-refractivity contribution in [1.29, 1.82) is 0 Å². The maximum Gasteiger partial charge on any atom is 0.303 e. The van der Waals surface area contributed by atoms with Gasteiger partial charge in [-0.3, -0.25) is 14.9 Å². The molecule has 6 nitrogen and oxygen atoms in total. The summed E-state index contributed by atoms with van der Waals surface area (Å²) in [6.07, 6.45) is -0.183. The second-order valence-electron chi connectivity index (χ2n) is 4.10. The van der Waals surface area contributed by atoms with Crippen molar-refractivity contribution >= 4 is 17.3 Å². The van der Waals surface area contributed by atoms with Crippen LogP contribution < -0.4 is 5.32 Å². The highest BCUT2D eigenvalue weighted by Gasteiger charge is 2.22. The number of halogens is 2. The van der Waals surface area contributed by atoms with Gasteiger partial charge in [-0.1, -0.05) is 6.92 Å². The molecule has 0 amide bonds. The van der Waals surface area contributed by atoms with E-state index in [-0.39, 0.29) is 18.9 Å². The molecule has 0 aromatic heterocycles. The number of hydrogen-bond acceptors (Lipinski definition) is 4. The van der Waals surface area contributed by atoms with Gasteiger partial charge in [0.15, 0.2) is 17.3 Å². The van der Waals surface area contributed by atoms with Crippen LogP contribution in [0.1, 0.15) is 13.3 Å². The van der Waals surface area contributed by atoms with Gasteiger partial charge in [-0.15, -0.1) is 0 Å². The number of nitrogens with one attached hydrogen (secondary N) is 1. The van der Waals surface area contributed by atoms with E-state index in [1.165, 1.54) is 0 Å². The van der Waals surface area contributed by atoms with E-state index >= 15 is 0 Å². The van der Waals surface area contributed by atoms with Crippen molar-refractivity contribution in [3.8, 4) is 0 Å². The van der Waals surface area contributed by atoms with Crippen LogP contribution in [0.5, 0.6) is 0 Å². The lowest BCUT2D eigenvalue weighted by molar-refractivity contribution is -0.384. The molecule has 0 fully saturated rings. The van der Waals surface area contributed by atoms with Gasteiger partial charge < -0.3 is 10.4 Å². The first-order valence-corrected chi connectivity index (χ1v) is 5.41. The van der Waals surface area contributed by atoms with E-state index < -0.39 is 33.9 Å². The largest absolute Gasteiger partial charge is 0.481 e. The highest BCUT2D eigenvalue weighted by atomic mass is 19.2. The number of hydrogen-bond donors (Lipinski definition) is 2. The Morgan fingerprint density at radius 2 is 2.16 bits per heavy atom. The van der Waals surface area contributed by atoms with E-state index in [4.69, 9.17) is 5.11 Å². The van der Waals surface area contributed by atoms with Crippen molar-refractivity contribution in [2.75, 3.05) is 11.9 Å². The molecule has 0 saturated heterocycles. The Morgan fingerprint density at radius 3 is 2.68 bits per heavy atom. The normalized spacial score (nSPS) is 11.9. The van der Waals surface area contributed by atoms with Crippen LogP contribution in [0.25, 0.3) is 0 Å². The number of rotatable bonds is 6. The lowest BCUT2D eigenvalue weighted by atomic mass is 10.1. The fourth-order valence-electron chi connectivity index (χ4n) is 1.51. The Balaban J connectivity index is 2.90. The van der Waals surface area contributed by atoms with Crippen LogP contribution >= 0.6 is 0 Å². The fourth-order valence-corrected chi connectivity index (χ4v) is 1.51. The number of anilines is 1. The van der Waals surface area contributed by atoms with Gasteiger partial charge in [-0.2, -0.15) is 0 Å². The number of carboxylic acids is 1. The van der Waals surface area contributed by atoms with Crippen molar-refractivity contribution in [3.05, 3.63) is 33.9 Å². The highest BCUT2D eigenvalue weighted by Crippen LogP contribution is 2.29. The fraction of sp³-hybridized carbons (Fsp3) is 0.364. The van der Waals surface area contributed by atoms with Crippen LogP contribution in [0, 0.1) is 27.7 Å². The van der Waals surface area contributed by atoms with Crippen molar-refractivity contribution in [3.63, 3.8) is 0 Å². The van der Waals surface area contributed by atoms with E-state index in [1.807, 2.05) is 0 Å². The van der Waals surface area contributed by atoms with Crippen LogP contribution in [-0.2, 0) is 4.79 Å². The third-order valence-electron chi connectivity index (χ3n) is 2.42. The summed E-state index contributed by atoms with van der Waals surface area (Å²) in [4.78, 5) is 20.3. The molecule has 1 aromatic carbocycles. The Bertz CT molecular complexity index is 508. The summed E-state index contributed by atoms with van der Waals surface area (Å²) >= 11 is 0. The maximum atomic E-state index is 13.5. The Morgan fingerprint density at radius 1 is 1.53 bits per heavy atom. The molecule has 0 radical (unpaired) electrons. The number of nitrogens with zero attached hydrogens (tertiary/aromatic N) is 1. The zero-order valence-corrected chi connectivity index (χ0v) is 10.0. The molecule has 104 valence electrons. The number of aliphatic carboxylic acids is 1. The van der Waals surface area contributed by atoms with Gasteiger partial charge in [0.25, 0.3) is 5.69 Å². The van der Waals surface area contributed by atoms with Crippen molar-refractivity contribution in [1.82, 2.24) is 0 Å². The molecule has 0 bridgehead atoms. The molecule has 0 heterocycles. The lowest BCUT2D eigenvalue weighted by Crippen LogP contribution is -2.16. The second kappa shape index (κ2) is 6.07. The molecular formula is C11H12F2N2O4. The summed E-state index contributed by atoms with van der Waals surface area (Å²) < 4.78 is 26.5.